The summed E-state index contributed by atoms with van der Waals surface area (Å²) in [4.78, 5) is 35.9. The van der Waals surface area contributed by atoms with E-state index in [9.17, 15) is 9.90 Å². The molecule has 5 aromatic rings. The lowest BCUT2D eigenvalue weighted by Gasteiger charge is -2.40. The van der Waals surface area contributed by atoms with Crippen LogP contribution in [0.15, 0.2) is 84.9 Å². The highest BCUT2D eigenvalue weighted by Gasteiger charge is 2.34. The minimum absolute atomic E-state index is 0.0683. The number of ether oxygens (including phenoxy) is 3. The first-order valence-electron chi connectivity index (χ1n) is 18.5. The van der Waals surface area contributed by atoms with Gasteiger partial charge >= 0.3 is 0 Å². The Balaban J connectivity index is 1.30. The lowest BCUT2D eigenvalue weighted by molar-refractivity contribution is 0.0193. The number of carbonyl (C=O) groups is 2. The van der Waals surface area contributed by atoms with E-state index in [1.807, 2.05) is 60.7 Å². The first-order chi connectivity index (χ1) is 26.6. The summed E-state index contributed by atoms with van der Waals surface area (Å²) < 4.78 is 18.8. The Kier molecular flexibility index (Phi) is 11.2. The van der Waals surface area contributed by atoms with Crippen LogP contribution in [-0.4, -0.2) is 84.4 Å². The number of aromatic nitrogens is 1. The van der Waals surface area contributed by atoms with Gasteiger partial charge in [-0.15, -0.1) is 0 Å². The van der Waals surface area contributed by atoms with Crippen LogP contribution in [0.1, 0.15) is 48.7 Å². The van der Waals surface area contributed by atoms with E-state index in [0.29, 0.717) is 64.3 Å². The smallest absolute Gasteiger partial charge is 0.260 e. The minimum Gasteiger partial charge on any atom is -0.508 e. The van der Waals surface area contributed by atoms with Crippen LogP contribution < -0.4 is 14.4 Å². The van der Waals surface area contributed by atoms with Crippen molar-refractivity contribution >= 4 is 29.1 Å². The van der Waals surface area contributed by atoms with Gasteiger partial charge in [-0.2, -0.15) is 0 Å². The highest BCUT2D eigenvalue weighted by atomic mass is 35.5. The number of phenolic OH excluding ortho intramolecular Hbond substituents is 1. The SMILES string of the molecule is COc1cc(C(=O)N2Cc3ccccc3C[C@H]2CN2CCOCC2)c(-c2cc(C(=O)N(Cc3cccc(OC)c3C)c3ccc(O)cc3)c(C)n2C)cc1Cl. The van der Waals surface area contributed by atoms with Gasteiger partial charge in [0.15, 0.2) is 0 Å². The fourth-order valence-electron chi connectivity index (χ4n) is 7.78. The monoisotopic (exact) mass is 762 g/mol. The molecule has 0 aliphatic carbocycles. The summed E-state index contributed by atoms with van der Waals surface area (Å²) in [6, 6.07) is 26.0. The zero-order valence-electron chi connectivity index (χ0n) is 32.0. The Bertz CT molecular complexity index is 2210. The van der Waals surface area contributed by atoms with E-state index >= 15 is 4.79 Å². The van der Waals surface area contributed by atoms with Crippen LogP contribution in [0.25, 0.3) is 11.3 Å². The Labute approximate surface area is 327 Å². The maximum absolute atomic E-state index is 15.0. The quantitative estimate of drug-likeness (QED) is 0.158. The third-order valence-corrected chi connectivity index (χ3v) is 11.4. The highest BCUT2D eigenvalue weighted by Crippen LogP contribution is 2.38. The van der Waals surface area contributed by atoms with E-state index in [2.05, 4.69) is 23.1 Å². The van der Waals surface area contributed by atoms with Crippen molar-refractivity contribution in [2.45, 2.75) is 39.4 Å². The Morgan fingerprint density at radius 1 is 0.891 bits per heavy atom. The molecular weight excluding hydrogens is 716 g/mol. The van der Waals surface area contributed by atoms with E-state index in [1.165, 1.54) is 5.56 Å². The van der Waals surface area contributed by atoms with Gasteiger partial charge in [0.1, 0.15) is 17.2 Å². The topological polar surface area (TPSA) is 96.7 Å². The zero-order valence-corrected chi connectivity index (χ0v) is 32.7. The molecule has 2 amide bonds. The summed E-state index contributed by atoms with van der Waals surface area (Å²) in [7, 11) is 5.06. The second-order valence-corrected chi connectivity index (χ2v) is 14.7. The van der Waals surface area contributed by atoms with Gasteiger partial charge in [-0.05, 0) is 91.1 Å². The molecule has 1 N–H and O–H groups in total. The van der Waals surface area contributed by atoms with E-state index < -0.39 is 0 Å². The molecule has 1 fully saturated rings. The summed E-state index contributed by atoms with van der Waals surface area (Å²) in [6.07, 6.45) is 0.737. The number of anilines is 1. The van der Waals surface area contributed by atoms with Gasteiger partial charge in [-0.25, -0.2) is 0 Å². The Morgan fingerprint density at radius 2 is 1.60 bits per heavy atom. The van der Waals surface area contributed by atoms with Gasteiger partial charge in [0, 0.05) is 61.9 Å². The van der Waals surface area contributed by atoms with Gasteiger partial charge < -0.3 is 33.7 Å². The average molecular weight is 763 g/mol. The second-order valence-electron chi connectivity index (χ2n) is 14.2. The third-order valence-electron chi connectivity index (χ3n) is 11.1. The van der Waals surface area contributed by atoms with E-state index in [1.54, 1.807) is 55.5 Å². The summed E-state index contributed by atoms with van der Waals surface area (Å²) in [6.45, 7) is 8.31. The predicted octanol–water partition coefficient (Wildman–Crippen LogP) is 7.43. The zero-order chi connectivity index (χ0) is 38.8. The standard InChI is InChI=1S/C44H47ClN4O6/c1-28-31(11-8-12-41(28)53-4)25-48(33-13-15-35(50)16-14-33)43(51)36-23-40(46(3)29(36)2)37-22-39(45)42(54-5)24-38(37)44(52)49-26-32-10-7-6-9-30(32)21-34(49)27-47-17-19-55-20-18-47/h6-16,22-24,34,50H,17-21,25-27H2,1-5H3/t34-/m0/s1. The summed E-state index contributed by atoms with van der Waals surface area (Å²) in [5.41, 5.74) is 7.73. The van der Waals surface area contributed by atoms with Crippen molar-refractivity contribution in [1.82, 2.24) is 14.4 Å². The van der Waals surface area contributed by atoms with Crippen LogP contribution in [0.2, 0.25) is 5.02 Å². The van der Waals surface area contributed by atoms with E-state index in [-0.39, 0.29) is 30.2 Å². The van der Waals surface area contributed by atoms with Gasteiger partial charge in [0.2, 0.25) is 0 Å². The number of morpholine rings is 1. The number of hydrogen-bond donors (Lipinski definition) is 1. The summed E-state index contributed by atoms with van der Waals surface area (Å²) in [5, 5.41) is 10.5. The molecule has 2 aliphatic heterocycles. The van der Waals surface area contributed by atoms with E-state index in [0.717, 1.165) is 48.5 Å². The van der Waals surface area contributed by atoms with Crippen LogP contribution in [0.5, 0.6) is 17.2 Å². The number of benzene rings is 4. The van der Waals surface area contributed by atoms with Gasteiger partial charge in [0.25, 0.3) is 11.8 Å². The first-order valence-corrected chi connectivity index (χ1v) is 18.9. The molecule has 7 rings (SSSR count). The molecular formula is C44H47ClN4O6. The van der Waals surface area contributed by atoms with Crippen LogP contribution in [0.4, 0.5) is 5.69 Å². The Hall–Kier alpha value is -5.29. The maximum atomic E-state index is 15.0. The molecule has 0 unspecified atom stereocenters. The number of amides is 2. The number of hydrogen-bond acceptors (Lipinski definition) is 7. The molecule has 55 heavy (non-hydrogen) atoms. The molecule has 0 saturated carbocycles. The van der Waals surface area contributed by atoms with Crippen molar-refractivity contribution < 1.29 is 28.9 Å². The number of phenols is 1. The first kappa shape index (κ1) is 38.0. The van der Waals surface area contributed by atoms with Crippen LogP contribution in [-0.2, 0) is 31.3 Å². The lowest BCUT2D eigenvalue weighted by atomic mass is 9.92. The number of aromatic hydroxyl groups is 1. The van der Waals surface area contributed by atoms with Crippen molar-refractivity contribution in [1.29, 1.82) is 0 Å². The van der Waals surface area contributed by atoms with Crippen molar-refractivity contribution in [3.63, 3.8) is 0 Å². The molecule has 1 aromatic heterocycles. The predicted molar refractivity (Wildman–Crippen MR) is 215 cm³/mol. The largest absolute Gasteiger partial charge is 0.508 e. The van der Waals surface area contributed by atoms with Crippen molar-refractivity contribution in [2.24, 2.45) is 7.05 Å². The van der Waals surface area contributed by atoms with Crippen molar-refractivity contribution in [3.8, 4) is 28.5 Å². The fourth-order valence-corrected chi connectivity index (χ4v) is 8.02. The molecule has 286 valence electrons. The summed E-state index contributed by atoms with van der Waals surface area (Å²) >= 11 is 6.82. The van der Waals surface area contributed by atoms with E-state index in [4.69, 9.17) is 25.8 Å². The maximum Gasteiger partial charge on any atom is 0.260 e. The number of halogens is 1. The van der Waals surface area contributed by atoms with Crippen LogP contribution in [0, 0.1) is 13.8 Å². The fraction of sp³-hybridized carbons (Fsp3) is 0.318. The molecule has 2 aliphatic rings. The normalized spacial score (nSPS) is 15.7. The Morgan fingerprint density at radius 3 is 2.31 bits per heavy atom. The number of methoxy groups -OCH3 is 2. The number of rotatable bonds is 10. The van der Waals surface area contributed by atoms with Gasteiger partial charge in [-0.3, -0.25) is 14.5 Å². The summed E-state index contributed by atoms with van der Waals surface area (Å²) in [5.74, 6) is 0.850. The molecule has 3 heterocycles. The molecule has 0 spiro atoms. The van der Waals surface area contributed by atoms with Gasteiger partial charge in [-0.1, -0.05) is 48.0 Å². The van der Waals surface area contributed by atoms with Crippen LogP contribution in [0.3, 0.4) is 0 Å². The number of fused-ring (bicyclic) bond motifs is 1. The van der Waals surface area contributed by atoms with Crippen molar-refractivity contribution in [2.75, 3.05) is 52.0 Å². The third kappa shape index (κ3) is 7.67. The molecule has 1 saturated heterocycles. The van der Waals surface area contributed by atoms with Crippen molar-refractivity contribution in [3.05, 3.63) is 129 Å². The molecule has 4 aromatic carbocycles. The minimum atomic E-state index is -0.238. The van der Waals surface area contributed by atoms with Gasteiger partial charge in [0.05, 0.1) is 50.1 Å². The molecule has 10 nitrogen and oxygen atoms in total. The highest BCUT2D eigenvalue weighted by molar-refractivity contribution is 6.32. The average Bonchev–Trinajstić information content (AvgIpc) is 3.50. The molecule has 0 radical (unpaired) electrons. The number of nitrogens with zero attached hydrogens (tertiary/aromatic N) is 4. The molecule has 1 atom stereocenters. The molecule has 11 heteroatoms. The number of carbonyl (C=O) groups excluding carboxylic acids is 2. The molecule has 0 bridgehead atoms. The lowest BCUT2D eigenvalue weighted by Crippen LogP contribution is -2.52. The van der Waals surface area contributed by atoms with Crippen LogP contribution >= 0.6 is 11.6 Å². The second kappa shape index (κ2) is 16.2.